The number of rotatable bonds is 5. The van der Waals surface area contributed by atoms with E-state index in [1.54, 1.807) is 37.0 Å². The van der Waals surface area contributed by atoms with E-state index in [4.69, 9.17) is 14.2 Å². The molecule has 0 aliphatic carbocycles. The van der Waals surface area contributed by atoms with Gasteiger partial charge in [0.05, 0.1) is 26.4 Å². The molecular formula is C18H24N2O5. The second kappa shape index (κ2) is 8.96. The van der Waals surface area contributed by atoms with Gasteiger partial charge >= 0.3 is 6.09 Å². The van der Waals surface area contributed by atoms with Gasteiger partial charge in [0.15, 0.2) is 0 Å². The molecule has 0 saturated carbocycles. The zero-order chi connectivity index (χ0) is 18.2. The number of hydrogen-bond donors (Lipinski definition) is 0. The lowest BCUT2D eigenvalue weighted by Gasteiger charge is -2.33. The van der Waals surface area contributed by atoms with Crippen molar-refractivity contribution in [2.75, 3.05) is 47.0 Å². The Morgan fingerprint density at radius 2 is 1.60 bits per heavy atom. The van der Waals surface area contributed by atoms with Crippen molar-refractivity contribution in [3.8, 4) is 11.5 Å². The van der Waals surface area contributed by atoms with Gasteiger partial charge in [-0.2, -0.15) is 0 Å². The van der Waals surface area contributed by atoms with Crippen molar-refractivity contribution in [3.63, 3.8) is 0 Å². The minimum absolute atomic E-state index is 0.114. The van der Waals surface area contributed by atoms with E-state index in [0.29, 0.717) is 49.8 Å². The molecule has 0 spiro atoms. The molecule has 25 heavy (non-hydrogen) atoms. The lowest BCUT2D eigenvalue weighted by atomic mass is 10.1. The molecule has 136 valence electrons. The summed E-state index contributed by atoms with van der Waals surface area (Å²) in [5.74, 6) is 1.16. The Bertz CT molecular complexity index is 614. The minimum atomic E-state index is -0.330. The maximum absolute atomic E-state index is 12.4. The highest BCUT2D eigenvalue weighted by atomic mass is 16.6. The summed E-state index contributed by atoms with van der Waals surface area (Å²) < 4.78 is 15.6. The fourth-order valence-electron chi connectivity index (χ4n) is 2.63. The Morgan fingerprint density at radius 3 is 2.12 bits per heavy atom. The largest absolute Gasteiger partial charge is 0.496 e. The fourth-order valence-corrected chi connectivity index (χ4v) is 2.63. The summed E-state index contributed by atoms with van der Waals surface area (Å²) in [6.45, 7) is 4.01. The van der Waals surface area contributed by atoms with Crippen LogP contribution < -0.4 is 9.47 Å². The molecule has 0 radical (unpaired) electrons. The monoisotopic (exact) mass is 348 g/mol. The Kier molecular flexibility index (Phi) is 6.68. The van der Waals surface area contributed by atoms with E-state index < -0.39 is 0 Å². The predicted molar refractivity (Wildman–Crippen MR) is 93.8 cm³/mol. The predicted octanol–water partition coefficient (Wildman–Crippen LogP) is 2.02. The van der Waals surface area contributed by atoms with Crippen LogP contribution in [0.3, 0.4) is 0 Å². The minimum Gasteiger partial charge on any atom is -0.496 e. The Labute approximate surface area is 147 Å². The van der Waals surface area contributed by atoms with Gasteiger partial charge < -0.3 is 24.0 Å². The standard InChI is InChI=1S/C18H24N2O5/c1-4-25-18(22)20-12-10-19(11-13-20)17(21)9-8-14-15(23-2)6-5-7-16(14)24-3/h5-9H,4,10-13H2,1-3H3/b9-8+. The molecule has 0 bridgehead atoms. The highest BCUT2D eigenvalue weighted by Crippen LogP contribution is 2.29. The van der Waals surface area contributed by atoms with Gasteiger partial charge in [-0.15, -0.1) is 0 Å². The van der Waals surface area contributed by atoms with Gasteiger partial charge in [-0.25, -0.2) is 4.79 Å². The van der Waals surface area contributed by atoms with Crippen molar-refractivity contribution in [1.82, 2.24) is 9.80 Å². The molecule has 1 aromatic rings. The van der Waals surface area contributed by atoms with Gasteiger partial charge in [0, 0.05) is 32.3 Å². The molecule has 1 saturated heterocycles. The van der Waals surface area contributed by atoms with Crippen molar-refractivity contribution in [2.45, 2.75) is 6.92 Å². The van der Waals surface area contributed by atoms with Gasteiger partial charge in [-0.3, -0.25) is 4.79 Å². The first kappa shape index (κ1) is 18.6. The molecule has 0 unspecified atom stereocenters. The molecule has 2 rings (SSSR count). The normalized spacial score (nSPS) is 14.5. The van der Waals surface area contributed by atoms with Crippen molar-refractivity contribution in [1.29, 1.82) is 0 Å². The number of nitrogens with zero attached hydrogens (tertiary/aromatic N) is 2. The lowest BCUT2D eigenvalue weighted by Crippen LogP contribution is -2.50. The van der Waals surface area contributed by atoms with Crippen molar-refractivity contribution in [2.24, 2.45) is 0 Å². The first-order valence-electron chi connectivity index (χ1n) is 8.20. The molecule has 1 aliphatic rings. The summed E-state index contributed by atoms with van der Waals surface area (Å²) in [6.07, 6.45) is 2.86. The molecule has 1 aliphatic heterocycles. The third-order valence-corrected chi connectivity index (χ3v) is 3.98. The highest BCUT2D eigenvalue weighted by Gasteiger charge is 2.23. The molecule has 1 fully saturated rings. The average Bonchev–Trinajstić information content (AvgIpc) is 2.66. The molecule has 1 heterocycles. The second-order valence-electron chi connectivity index (χ2n) is 5.42. The molecule has 2 amide bonds. The zero-order valence-electron chi connectivity index (χ0n) is 14.9. The Morgan fingerprint density at radius 1 is 1.04 bits per heavy atom. The number of benzene rings is 1. The quantitative estimate of drug-likeness (QED) is 0.762. The van der Waals surface area contributed by atoms with E-state index in [9.17, 15) is 9.59 Å². The number of ether oxygens (including phenoxy) is 3. The number of hydrogen-bond acceptors (Lipinski definition) is 5. The molecule has 7 heteroatoms. The maximum Gasteiger partial charge on any atom is 0.409 e. The van der Waals surface area contributed by atoms with Crippen LogP contribution in [0, 0.1) is 0 Å². The van der Waals surface area contributed by atoms with Crippen LogP contribution >= 0.6 is 0 Å². The van der Waals surface area contributed by atoms with Crippen molar-refractivity contribution in [3.05, 3.63) is 29.8 Å². The number of carbonyl (C=O) groups is 2. The molecular weight excluding hydrogens is 324 g/mol. The molecule has 7 nitrogen and oxygen atoms in total. The maximum atomic E-state index is 12.4. The second-order valence-corrected chi connectivity index (χ2v) is 5.42. The van der Waals surface area contributed by atoms with Crippen LogP contribution in [-0.4, -0.2) is 68.8 Å². The van der Waals surface area contributed by atoms with Gasteiger partial charge in [-0.05, 0) is 25.1 Å². The first-order chi connectivity index (χ1) is 12.1. The summed E-state index contributed by atoms with van der Waals surface area (Å²) in [6, 6.07) is 5.45. The van der Waals surface area contributed by atoms with Gasteiger partial charge in [0.2, 0.25) is 5.91 Å². The summed E-state index contributed by atoms with van der Waals surface area (Å²) in [4.78, 5) is 27.4. The Balaban J connectivity index is 1.99. The van der Waals surface area contributed by atoms with E-state index in [1.165, 1.54) is 6.08 Å². The number of carbonyl (C=O) groups excluding carboxylic acids is 2. The first-order valence-corrected chi connectivity index (χ1v) is 8.20. The molecule has 0 N–H and O–H groups in total. The third kappa shape index (κ3) is 4.65. The lowest BCUT2D eigenvalue weighted by molar-refractivity contribution is -0.127. The van der Waals surface area contributed by atoms with Crippen LogP contribution in [0.15, 0.2) is 24.3 Å². The van der Waals surface area contributed by atoms with Crippen LogP contribution in [0.2, 0.25) is 0 Å². The smallest absolute Gasteiger partial charge is 0.409 e. The van der Waals surface area contributed by atoms with E-state index in [1.807, 2.05) is 18.2 Å². The van der Waals surface area contributed by atoms with E-state index in [2.05, 4.69) is 0 Å². The SMILES string of the molecule is CCOC(=O)N1CCN(C(=O)/C=C/c2c(OC)cccc2OC)CC1. The summed E-state index contributed by atoms with van der Waals surface area (Å²) in [5.41, 5.74) is 0.714. The van der Waals surface area contributed by atoms with Crippen LogP contribution in [0.4, 0.5) is 4.79 Å². The van der Waals surface area contributed by atoms with Crippen LogP contribution in [0.1, 0.15) is 12.5 Å². The van der Waals surface area contributed by atoms with Crippen LogP contribution in [-0.2, 0) is 9.53 Å². The third-order valence-electron chi connectivity index (χ3n) is 3.98. The summed E-state index contributed by atoms with van der Waals surface area (Å²) >= 11 is 0. The van der Waals surface area contributed by atoms with Crippen LogP contribution in [0.25, 0.3) is 6.08 Å². The zero-order valence-corrected chi connectivity index (χ0v) is 14.9. The number of amides is 2. The van der Waals surface area contributed by atoms with Gasteiger partial charge in [-0.1, -0.05) is 6.07 Å². The molecule has 0 aromatic heterocycles. The topological polar surface area (TPSA) is 68.3 Å². The van der Waals surface area contributed by atoms with E-state index in [-0.39, 0.29) is 12.0 Å². The summed E-state index contributed by atoms with van der Waals surface area (Å²) in [7, 11) is 3.14. The van der Waals surface area contributed by atoms with Crippen LogP contribution in [0.5, 0.6) is 11.5 Å². The van der Waals surface area contributed by atoms with Gasteiger partial charge in [0.25, 0.3) is 0 Å². The molecule has 1 aromatic carbocycles. The van der Waals surface area contributed by atoms with E-state index in [0.717, 1.165) is 0 Å². The van der Waals surface area contributed by atoms with E-state index >= 15 is 0 Å². The van der Waals surface area contributed by atoms with Gasteiger partial charge in [0.1, 0.15) is 11.5 Å². The Hall–Kier alpha value is -2.70. The molecule has 0 atom stereocenters. The highest BCUT2D eigenvalue weighted by molar-refractivity contribution is 5.92. The van der Waals surface area contributed by atoms with Crippen molar-refractivity contribution < 1.29 is 23.8 Å². The van der Waals surface area contributed by atoms with Crippen molar-refractivity contribution >= 4 is 18.1 Å². The summed E-state index contributed by atoms with van der Waals surface area (Å²) in [5, 5.41) is 0. The fraction of sp³-hybridized carbons (Fsp3) is 0.444. The average molecular weight is 348 g/mol. The number of piperazine rings is 1. The number of methoxy groups -OCH3 is 2.